The predicted molar refractivity (Wildman–Crippen MR) is 97.4 cm³/mol. The third-order valence-corrected chi connectivity index (χ3v) is 3.64. The van der Waals surface area contributed by atoms with Crippen LogP contribution in [0.5, 0.6) is 0 Å². The van der Waals surface area contributed by atoms with E-state index in [0.29, 0.717) is 16.7 Å². The molecule has 0 radical (unpaired) electrons. The molecule has 0 atom stereocenters. The summed E-state index contributed by atoms with van der Waals surface area (Å²) in [4.78, 5) is 18.9. The Labute approximate surface area is 148 Å². The Balaban J connectivity index is 1.90. The van der Waals surface area contributed by atoms with Crippen molar-refractivity contribution in [1.29, 1.82) is 5.26 Å². The minimum absolute atomic E-state index is 0.0695. The first-order valence-corrected chi connectivity index (χ1v) is 7.73. The number of anilines is 1. The zero-order chi connectivity index (χ0) is 18.5. The summed E-state index contributed by atoms with van der Waals surface area (Å²) in [6.45, 7) is 1.66. The maximum Gasteiger partial charge on any atom is 0.270 e. The first-order valence-electron chi connectivity index (χ1n) is 7.73. The largest absolute Gasteiger partial charge is 0.290 e. The Morgan fingerprint density at radius 3 is 2.73 bits per heavy atom. The summed E-state index contributed by atoms with van der Waals surface area (Å²) < 4.78 is 13.3. The van der Waals surface area contributed by atoms with Crippen molar-refractivity contribution in [1.82, 2.24) is 9.97 Å². The molecule has 1 heterocycles. The standard InChI is InChI=1S/C19H14FN5O/c1-12-9-13(7-8-16(12)20)11-22-25-19-23-17(14-5-3-2-4-6-14)15(10-21)18(26)24-19/h2-9,11H,1H3,(H2,23,24,25,26). The topological polar surface area (TPSA) is 93.9 Å². The number of hydrazone groups is 1. The number of rotatable bonds is 4. The normalized spacial score (nSPS) is 10.7. The molecule has 2 N–H and O–H groups in total. The number of benzene rings is 2. The highest BCUT2D eigenvalue weighted by Crippen LogP contribution is 2.19. The van der Waals surface area contributed by atoms with Crippen LogP contribution in [0.4, 0.5) is 10.3 Å². The van der Waals surface area contributed by atoms with Gasteiger partial charge in [-0.05, 0) is 30.2 Å². The van der Waals surface area contributed by atoms with Crippen LogP contribution in [-0.4, -0.2) is 16.2 Å². The molecule has 3 rings (SSSR count). The third-order valence-electron chi connectivity index (χ3n) is 3.64. The Morgan fingerprint density at radius 1 is 1.27 bits per heavy atom. The number of nitriles is 1. The van der Waals surface area contributed by atoms with Crippen LogP contribution in [0.2, 0.25) is 0 Å². The molecule has 2 aromatic carbocycles. The Bertz CT molecular complexity index is 1070. The van der Waals surface area contributed by atoms with Gasteiger partial charge in [0.1, 0.15) is 17.4 Å². The van der Waals surface area contributed by atoms with E-state index in [1.165, 1.54) is 12.3 Å². The van der Waals surface area contributed by atoms with Crippen molar-refractivity contribution in [3.05, 3.63) is 81.4 Å². The molecule has 0 amide bonds. The van der Waals surface area contributed by atoms with Gasteiger partial charge in [-0.3, -0.25) is 9.78 Å². The fraction of sp³-hybridized carbons (Fsp3) is 0.0526. The van der Waals surface area contributed by atoms with Crippen molar-refractivity contribution in [2.45, 2.75) is 6.92 Å². The van der Waals surface area contributed by atoms with E-state index in [0.717, 1.165) is 0 Å². The highest BCUT2D eigenvalue weighted by molar-refractivity contribution is 5.80. The molecule has 0 aliphatic carbocycles. The van der Waals surface area contributed by atoms with Crippen molar-refractivity contribution in [3.63, 3.8) is 0 Å². The van der Waals surface area contributed by atoms with E-state index in [1.807, 2.05) is 12.1 Å². The number of halogens is 1. The number of aromatic amines is 1. The van der Waals surface area contributed by atoms with Gasteiger partial charge in [0.25, 0.3) is 5.56 Å². The fourth-order valence-electron chi connectivity index (χ4n) is 2.35. The van der Waals surface area contributed by atoms with Crippen molar-refractivity contribution >= 4 is 12.2 Å². The zero-order valence-corrected chi connectivity index (χ0v) is 13.8. The number of nitrogens with zero attached hydrogens (tertiary/aromatic N) is 3. The molecule has 0 unspecified atom stereocenters. The molecule has 0 saturated heterocycles. The Kier molecular flexibility index (Phi) is 4.85. The summed E-state index contributed by atoms with van der Waals surface area (Å²) in [5.74, 6) is -0.191. The fourth-order valence-corrected chi connectivity index (χ4v) is 2.35. The van der Waals surface area contributed by atoms with Crippen LogP contribution in [0.15, 0.2) is 58.4 Å². The summed E-state index contributed by atoms with van der Waals surface area (Å²) in [7, 11) is 0. The van der Waals surface area contributed by atoms with Crippen LogP contribution in [-0.2, 0) is 0 Å². The number of hydrogen-bond donors (Lipinski definition) is 2. The van der Waals surface area contributed by atoms with E-state index >= 15 is 0 Å². The van der Waals surface area contributed by atoms with Gasteiger partial charge in [-0.15, -0.1) is 0 Å². The first-order chi connectivity index (χ1) is 12.6. The Morgan fingerprint density at radius 2 is 2.04 bits per heavy atom. The zero-order valence-electron chi connectivity index (χ0n) is 13.8. The van der Waals surface area contributed by atoms with Gasteiger partial charge in [-0.25, -0.2) is 14.8 Å². The summed E-state index contributed by atoms with van der Waals surface area (Å²) in [5, 5.41) is 13.2. The molecular weight excluding hydrogens is 333 g/mol. The minimum atomic E-state index is -0.559. The lowest BCUT2D eigenvalue weighted by molar-refractivity contribution is 0.618. The van der Waals surface area contributed by atoms with Crippen molar-refractivity contribution < 1.29 is 4.39 Å². The van der Waals surface area contributed by atoms with Gasteiger partial charge in [0.05, 0.1) is 11.9 Å². The van der Waals surface area contributed by atoms with E-state index in [4.69, 9.17) is 0 Å². The first kappa shape index (κ1) is 17.0. The molecule has 7 heteroatoms. The second kappa shape index (κ2) is 7.40. The van der Waals surface area contributed by atoms with Crippen LogP contribution in [0.3, 0.4) is 0 Å². The average molecular weight is 347 g/mol. The molecule has 128 valence electrons. The van der Waals surface area contributed by atoms with E-state index in [9.17, 15) is 14.4 Å². The van der Waals surface area contributed by atoms with Crippen LogP contribution in [0, 0.1) is 24.1 Å². The average Bonchev–Trinajstić information content (AvgIpc) is 2.65. The van der Waals surface area contributed by atoms with Crippen LogP contribution in [0.25, 0.3) is 11.3 Å². The second-order valence-corrected chi connectivity index (χ2v) is 5.49. The minimum Gasteiger partial charge on any atom is -0.290 e. The van der Waals surface area contributed by atoms with Crippen LogP contribution >= 0.6 is 0 Å². The van der Waals surface area contributed by atoms with Gasteiger partial charge in [-0.2, -0.15) is 10.4 Å². The molecule has 3 aromatic rings. The number of H-pyrrole nitrogens is 1. The molecule has 0 spiro atoms. The second-order valence-electron chi connectivity index (χ2n) is 5.49. The van der Waals surface area contributed by atoms with E-state index in [-0.39, 0.29) is 23.0 Å². The number of nitrogens with one attached hydrogen (secondary N) is 2. The van der Waals surface area contributed by atoms with Crippen molar-refractivity contribution in [2.24, 2.45) is 5.10 Å². The lowest BCUT2D eigenvalue weighted by Crippen LogP contribution is -2.16. The molecule has 0 fully saturated rings. The van der Waals surface area contributed by atoms with Gasteiger partial charge in [-0.1, -0.05) is 36.4 Å². The molecule has 0 aliphatic rings. The lowest BCUT2D eigenvalue weighted by atomic mass is 10.1. The monoisotopic (exact) mass is 347 g/mol. The molecular formula is C19H14FN5O. The molecule has 1 aromatic heterocycles. The maximum atomic E-state index is 13.3. The number of aryl methyl sites for hydroxylation is 1. The van der Waals surface area contributed by atoms with E-state index in [1.54, 1.807) is 43.3 Å². The highest BCUT2D eigenvalue weighted by Gasteiger charge is 2.12. The van der Waals surface area contributed by atoms with Crippen molar-refractivity contribution in [3.8, 4) is 17.3 Å². The number of aromatic nitrogens is 2. The van der Waals surface area contributed by atoms with Crippen molar-refractivity contribution in [2.75, 3.05) is 5.43 Å². The molecule has 0 saturated carbocycles. The smallest absolute Gasteiger partial charge is 0.270 e. The number of hydrogen-bond acceptors (Lipinski definition) is 5. The van der Waals surface area contributed by atoms with Gasteiger partial charge in [0, 0.05) is 5.56 Å². The van der Waals surface area contributed by atoms with Gasteiger partial charge in [0.15, 0.2) is 0 Å². The summed E-state index contributed by atoms with van der Waals surface area (Å²) >= 11 is 0. The van der Waals surface area contributed by atoms with Gasteiger partial charge >= 0.3 is 0 Å². The molecule has 26 heavy (non-hydrogen) atoms. The van der Waals surface area contributed by atoms with E-state index < -0.39 is 5.56 Å². The SMILES string of the molecule is Cc1cc(C=NNc2nc(-c3ccccc3)c(C#N)c(=O)[nH]2)ccc1F. The molecule has 0 bridgehead atoms. The molecule has 6 nitrogen and oxygen atoms in total. The van der Waals surface area contributed by atoms with E-state index in [2.05, 4.69) is 20.5 Å². The summed E-state index contributed by atoms with van der Waals surface area (Å²) in [6, 6.07) is 15.4. The lowest BCUT2D eigenvalue weighted by Gasteiger charge is -2.06. The molecule has 0 aliphatic heterocycles. The Hall–Kier alpha value is -3.79. The van der Waals surface area contributed by atoms with Gasteiger partial charge < -0.3 is 0 Å². The predicted octanol–water partition coefficient (Wildman–Crippen LogP) is 3.20. The van der Waals surface area contributed by atoms with Crippen LogP contribution in [0.1, 0.15) is 16.7 Å². The maximum absolute atomic E-state index is 13.3. The third kappa shape index (κ3) is 3.65. The summed E-state index contributed by atoms with van der Waals surface area (Å²) in [6.07, 6.45) is 1.48. The van der Waals surface area contributed by atoms with Crippen LogP contribution < -0.4 is 11.0 Å². The summed E-state index contributed by atoms with van der Waals surface area (Å²) in [5.41, 5.74) is 4.12. The highest BCUT2D eigenvalue weighted by atomic mass is 19.1. The van der Waals surface area contributed by atoms with Gasteiger partial charge in [0.2, 0.25) is 5.95 Å². The quantitative estimate of drug-likeness (QED) is 0.560.